The Morgan fingerprint density at radius 2 is 1.92 bits per heavy atom. The predicted molar refractivity (Wildman–Crippen MR) is 43.7 cm³/mol. The third-order valence-electron chi connectivity index (χ3n) is 1.15. The lowest BCUT2D eigenvalue weighted by atomic mass is 10.5. The number of ether oxygens (including phenoxy) is 3. The minimum absolute atomic E-state index is 0.199. The second kappa shape index (κ2) is 8.49. The summed E-state index contributed by atoms with van der Waals surface area (Å²) in [5.74, 6) is -0.199. The molecule has 0 heterocycles. The van der Waals surface area contributed by atoms with Gasteiger partial charge in [0.2, 0.25) is 0 Å². The van der Waals surface area contributed by atoms with E-state index in [0.717, 1.165) is 0 Å². The van der Waals surface area contributed by atoms with E-state index in [0.29, 0.717) is 26.2 Å². The van der Waals surface area contributed by atoms with Gasteiger partial charge in [0.1, 0.15) is 13.4 Å². The molecule has 0 aromatic carbocycles. The molecule has 0 bridgehead atoms. The molecule has 0 aliphatic rings. The number of carbonyl (C=O) groups is 1. The van der Waals surface area contributed by atoms with Gasteiger partial charge >= 0.3 is 5.97 Å². The van der Waals surface area contributed by atoms with Crippen LogP contribution in [0.1, 0.15) is 20.3 Å². The molecule has 0 radical (unpaired) electrons. The Balaban J connectivity index is 2.95. The summed E-state index contributed by atoms with van der Waals surface area (Å²) in [6.07, 6.45) is 0.408. The fraction of sp³-hybridized carbons (Fsp3) is 0.875. The van der Waals surface area contributed by atoms with Crippen LogP contribution in [0.25, 0.3) is 0 Å². The molecule has 0 atom stereocenters. The van der Waals surface area contributed by atoms with Crippen molar-refractivity contribution in [3.05, 3.63) is 0 Å². The quantitative estimate of drug-likeness (QED) is 0.329. The number of hydrogen-bond donors (Lipinski definition) is 0. The molecule has 0 fully saturated rings. The molecular formula is C8H16O4. The number of rotatable bonds is 7. The summed E-state index contributed by atoms with van der Waals surface area (Å²) in [4.78, 5) is 10.6. The van der Waals surface area contributed by atoms with Crippen LogP contribution in [-0.4, -0.2) is 32.6 Å². The molecule has 0 rings (SSSR count). The summed E-state index contributed by atoms with van der Waals surface area (Å²) in [6.45, 7) is 5.24. The molecule has 0 N–H and O–H groups in total. The van der Waals surface area contributed by atoms with Crippen molar-refractivity contribution in [2.24, 2.45) is 0 Å². The Labute approximate surface area is 72.8 Å². The van der Waals surface area contributed by atoms with Crippen LogP contribution >= 0.6 is 0 Å². The van der Waals surface area contributed by atoms with Crippen molar-refractivity contribution in [1.29, 1.82) is 0 Å². The van der Waals surface area contributed by atoms with Gasteiger partial charge in [0.05, 0.1) is 6.61 Å². The minimum Gasteiger partial charge on any atom is -0.463 e. The first-order valence-electron chi connectivity index (χ1n) is 4.12. The van der Waals surface area contributed by atoms with Gasteiger partial charge in [-0.3, -0.25) is 4.79 Å². The summed E-state index contributed by atoms with van der Waals surface area (Å²) in [5, 5.41) is 0. The lowest BCUT2D eigenvalue weighted by molar-refractivity contribution is -0.146. The summed E-state index contributed by atoms with van der Waals surface area (Å²) < 4.78 is 14.6. The minimum atomic E-state index is -0.199. The highest BCUT2D eigenvalue weighted by atomic mass is 16.7. The van der Waals surface area contributed by atoms with Crippen molar-refractivity contribution in [3.63, 3.8) is 0 Å². The normalized spacial score (nSPS) is 9.83. The lowest BCUT2D eigenvalue weighted by Crippen LogP contribution is -2.10. The third kappa shape index (κ3) is 7.50. The highest BCUT2D eigenvalue weighted by Gasteiger charge is 1.96. The Morgan fingerprint density at radius 3 is 2.50 bits per heavy atom. The van der Waals surface area contributed by atoms with E-state index in [1.165, 1.54) is 0 Å². The second-order valence-electron chi connectivity index (χ2n) is 2.09. The zero-order chi connectivity index (χ0) is 9.23. The van der Waals surface area contributed by atoms with Crippen LogP contribution in [0.4, 0.5) is 0 Å². The Morgan fingerprint density at radius 1 is 1.17 bits per heavy atom. The van der Waals surface area contributed by atoms with Gasteiger partial charge in [-0.2, -0.15) is 0 Å². The second-order valence-corrected chi connectivity index (χ2v) is 2.09. The summed E-state index contributed by atoms with van der Waals surface area (Å²) in [6, 6.07) is 0. The fourth-order valence-electron chi connectivity index (χ4n) is 0.518. The Hall–Kier alpha value is -0.610. The zero-order valence-corrected chi connectivity index (χ0v) is 7.67. The molecule has 4 heteroatoms. The average Bonchev–Trinajstić information content (AvgIpc) is 2.10. The molecule has 0 spiro atoms. The third-order valence-corrected chi connectivity index (χ3v) is 1.15. The fourth-order valence-corrected chi connectivity index (χ4v) is 0.518. The zero-order valence-electron chi connectivity index (χ0n) is 7.67. The SMILES string of the molecule is CCOCOCCOC(=O)CC. The van der Waals surface area contributed by atoms with Gasteiger partial charge in [-0.05, 0) is 6.92 Å². The van der Waals surface area contributed by atoms with Crippen LogP contribution in [0.15, 0.2) is 0 Å². The molecular weight excluding hydrogens is 160 g/mol. The maximum Gasteiger partial charge on any atom is 0.305 e. The first-order chi connectivity index (χ1) is 5.81. The molecule has 0 amide bonds. The summed E-state index contributed by atoms with van der Waals surface area (Å²) in [5.41, 5.74) is 0. The highest BCUT2D eigenvalue weighted by Crippen LogP contribution is 1.85. The van der Waals surface area contributed by atoms with Crippen molar-refractivity contribution in [3.8, 4) is 0 Å². The molecule has 0 saturated heterocycles. The van der Waals surface area contributed by atoms with Crippen molar-refractivity contribution >= 4 is 5.97 Å². The molecule has 0 aliphatic heterocycles. The standard InChI is InChI=1S/C8H16O4/c1-3-8(9)12-6-5-11-7-10-4-2/h3-7H2,1-2H3. The maximum atomic E-state index is 10.6. The van der Waals surface area contributed by atoms with Crippen LogP contribution in [0.2, 0.25) is 0 Å². The van der Waals surface area contributed by atoms with Gasteiger partial charge in [-0.25, -0.2) is 0 Å². The van der Waals surface area contributed by atoms with E-state index in [9.17, 15) is 4.79 Å². The van der Waals surface area contributed by atoms with Crippen molar-refractivity contribution < 1.29 is 19.0 Å². The van der Waals surface area contributed by atoms with E-state index in [2.05, 4.69) is 0 Å². The van der Waals surface area contributed by atoms with E-state index < -0.39 is 0 Å². The molecule has 4 nitrogen and oxygen atoms in total. The topological polar surface area (TPSA) is 44.8 Å². The molecule has 0 saturated carbocycles. The first kappa shape index (κ1) is 11.4. The van der Waals surface area contributed by atoms with Crippen LogP contribution < -0.4 is 0 Å². The first-order valence-corrected chi connectivity index (χ1v) is 4.12. The predicted octanol–water partition coefficient (Wildman–Crippen LogP) is 0.950. The summed E-state index contributed by atoms with van der Waals surface area (Å²) >= 11 is 0. The van der Waals surface area contributed by atoms with Gasteiger partial charge in [-0.15, -0.1) is 0 Å². The van der Waals surface area contributed by atoms with E-state index in [1.54, 1.807) is 6.92 Å². The van der Waals surface area contributed by atoms with Gasteiger partial charge in [0, 0.05) is 13.0 Å². The molecule has 0 aromatic rings. The van der Waals surface area contributed by atoms with Crippen LogP contribution in [0, 0.1) is 0 Å². The molecule has 72 valence electrons. The Bertz CT molecular complexity index is 114. The Kier molecular flexibility index (Phi) is 8.05. The van der Waals surface area contributed by atoms with E-state index >= 15 is 0 Å². The number of esters is 1. The smallest absolute Gasteiger partial charge is 0.305 e. The molecule has 0 aliphatic carbocycles. The molecule has 0 aromatic heterocycles. The van der Waals surface area contributed by atoms with Crippen molar-refractivity contribution in [2.45, 2.75) is 20.3 Å². The van der Waals surface area contributed by atoms with Crippen molar-refractivity contribution in [2.75, 3.05) is 26.6 Å². The molecule has 0 unspecified atom stereocenters. The lowest BCUT2D eigenvalue weighted by Gasteiger charge is -2.04. The van der Waals surface area contributed by atoms with Crippen molar-refractivity contribution in [1.82, 2.24) is 0 Å². The van der Waals surface area contributed by atoms with Gasteiger partial charge in [-0.1, -0.05) is 6.92 Å². The number of hydrogen-bond acceptors (Lipinski definition) is 4. The van der Waals surface area contributed by atoms with Crippen LogP contribution in [0.5, 0.6) is 0 Å². The van der Waals surface area contributed by atoms with Crippen LogP contribution in [-0.2, 0) is 19.0 Å². The highest BCUT2D eigenvalue weighted by molar-refractivity contribution is 5.68. The van der Waals surface area contributed by atoms with Gasteiger partial charge in [0.25, 0.3) is 0 Å². The summed E-state index contributed by atoms with van der Waals surface area (Å²) in [7, 11) is 0. The molecule has 12 heavy (non-hydrogen) atoms. The van der Waals surface area contributed by atoms with E-state index in [-0.39, 0.29) is 12.8 Å². The maximum absolute atomic E-state index is 10.6. The monoisotopic (exact) mass is 176 g/mol. The average molecular weight is 176 g/mol. The van der Waals surface area contributed by atoms with Gasteiger partial charge < -0.3 is 14.2 Å². The van der Waals surface area contributed by atoms with Crippen LogP contribution in [0.3, 0.4) is 0 Å². The largest absolute Gasteiger partial charge is 0.463 e. The number of carbonyl (C=O) groups excluding carboxylic acids is 1. The van der Waals surface area contributed by atoms with Gasteiger partial charge in [0.15, 0.2) is 0 Å². The van der Waals surface area contributed by atoms with E-state index in [4.69, 9.17) is 14.2 Å². The van der Waals surface area contributed by atoms with E-state index in [1.807, 2.05) is 6.92 Å².